The van der Waals surface area contributed by atoms with E-state index in [1.54, 1.807) is 37.3 Å². The van der Waals surface area contributed by atoms with Crippen LogP contribution >= 0.6 is 0 Å². The lowest BCUT2D eigenvalue weighted by molar-refractivity contribution is -0.124. The van der Waals surface area contributed by atoms with Crippen molar-refractivity contribution in [3.63, 3.8) is 0 Å². The average Bonchev–Trinajstić information content (AvgIpc) is 3.29. The molecule has 1 fully saturated rings. The lowest BCUT2D eigenvalue weighted by Gasteiger charge is -2.26. The van der Waals surface area contributed by atoms with Crippen molar-refractivity contribution in [2.75, 3.05) is 50.5 Å². The summed E-state index contributed by atoms with van der Waals surface area (Å²) in [5.74, 6) is -0.979. The van der Waals surface area contributed by atoms with E-state index >= 15 is 0 Å². The van der Waals surface area contributed by atoms with E-state index in [2.05, 4.69) is 21.3 Å². The van der Waals surface area contributed by atoms with Crippen LogP contribution in [0.5, 0.6) is 0 Å². The van der Waals surface area contributed by atoms with Crippen molar-refractivity contribution >= 4 is 46.3 Å². The Hall–Kier alpha value is -4.96. The number of esters is 1. The Morgan fingerprint density at radius 2 is 1.76 bits per heavy atom. The van der Waals surface area contributed by atoms with E-state index in [4.69, 9.17) is 4.74 Å². The third-order valence-electron chi connectivity index (χ3n) is 7.07. The molecule has 10 nitrogen and oxygen atoms in total. The van der Waals surface area contributed by atoms with Crippen molar-refractivity contribution in [3.05, 3.63) is 94.5 Å². The van der Waals surface area contributed by atoms with Crippen LogP contribution in [0.2, 0.25) is 0 Å². The molecule has 0 aliphatic carbocycles. The Morgan fingerprint density at radius 1 is 1.00 bits per heavy atom. The number of piperazine rings is 1. The number of nitrogens with one attached hydrogen (secondary N) is 4. The zero-order valence-corrected chi connectivity index (χ0v) is 22.9. The Kier molecular flexibility index (Phi) is 8.11. The molecule has 2 heterocycles. The molecule has 210 valence electrons. The van der Waals surface area contributed by atoms with Crippen LogP contribution in [0.3, 0.4) is 0 Å². The van der Waals surface area contributed by atoms with Crippen LogP contribution in [-0.2, 0) is 14.3 Å². The maximum absolute atomic E-state index is 13.3. The summed E-state index contributed by atoms with van der Waals surface area (Å²) in [5, 5.41) is 11.9. The number of carbonyl (C=O) groups is 4. The zero-order valence-electron chi connectivity index (χ0n) is 22.9. The molecule has 0 unspecified atom stereocenters. The van der Waals surface area contributed by atoms with Crippen molar-refractivity contribution in [2.24, 2.45) is 0 Å². The van der Waals surface area contributed by atoms with Crippen LogP contribution in [0.1, 0.15) is 37.4 Å². The molecule has 0 aromatic heterocycles. The van der Waals surface area contributed by atoms with Gasteiger partial charge in [-0.25, -0.2) is 4.79 Å². The fraction of sp³-hybridized carbons (Fsp3) is 0.226. The van der Waals surface area contributed by atoms with E-state index < -0.39 is 5.97 Å². The number of anilines is 2. The average molecular weight is 554 g/mol. The summed E-state index contributed by atoms with van der Waals surface area (Å²) in [4.78, 5) is 51.7. The maximum Gasteiger partial charge on any atom is 0.338 e. The number of nitrogens with zero attached hydrogens (tertiary/aromatic N) is 1. The van der Waals surface area contributed by atoms with Gasteiger partial charge in [-0.05, 0) is 54.4 Å². The minimum atomic E-state index is -0.471. The van der Waals surface area contributed by atoms with Crippen LogP contribution in [0.25, 0.3) is 11.3 Å². The molecule has 0 bridgehead atoms. The summed E-state index contributed by atoms with van der Waals surface area (Å²) < 4.78 is 4.88. The predicted molar refractivity (Wildman–Crippen MR) is 156 cm³/mol. The number of carbonyl (C=O) groups excluding carboxylic acids is 4. The largest absolute Gasteiger partial charge is 0.465 e. The third-order valence-corrected chi connectivity index (χ3v) is 7.07. The molecule has 2 aliphatic heterocycles. The van der Waals surface area contributed by atoms with Gasteiger partial charge in [0.05, 0.1) is 36.2 Å². The van der Waals surface area contributed by atoms with E-state index in [0.29, 0.717) is 71.1 Å². The first-order valence-electron chi connectivity index (χ1n) is 13.3. The number of methoxy groups -OCH3 is 1. The van der Waals surface area contributed by atoms with E-state index in [0.717, 1.165) is 12.1 Å². The van der Waals surface area contributed by atoms with Gasteiger partial charge < -0.3 is 26.0 Å². The van der Waals surface area contributed by atoms with E-state index in [1.807, 2.05) is 41.3 Å². The smallest absolute Gasteiger partial charge is 0.338 e. The second kappa shape index (κ2) is 12.1. The zero-order chi connectivity index (χ0) is 28.9. The number of benzene rings is 3. The standard InChI is InChI=1S/C31H31N5O5/c1-19-16-24-25(17-23(19)31(40)41-2)35-30(39)27(24)28(20-6-4-3-5-7-20)34-22-10-8-21(9-11-22)29(38)33-13-15-36-14-12-32-26(37)18-36/h3-11,16-17,34H,12-15,18H2,1-2H3,(H,32,37)(H,33,38)(H,35,39)/b28-27-. The van der Waals surface area contributed by atoms with E-state index in [1.165, 1.54) is 7.11 Å². The molecule has 0 saturated carbocycles. The number of ether oxygens (including phenoxy) is 1. The Morgan fingerprint density at radius 3 is 2.46 bits per heavy atom. The van der Waals surface area contributed by atoms with E-state index in [9.17, 15) is 19.2 Å². The highest BCUT2D eigenvalue weighted by molar-refractivity contribution is 6.37. The van der Waals surface area contributed by atoms with Gasteiger partial charge >= 0.3 is 5.97 Å². The summed E-state index contributed by atoms with van der Waals surface area (Å²) >= 11 is 0. The molecule has 10 heteroatoms. The molecule has 5 rings (SSSR count). The minimum Gasteiger partial charge on any atom is -0.465 e. The number of fused-ring (bicyclic) bond motifs is 1. The van der Waals surface area contributed by atoms with Crippen molar-refractivity contribution in [1.29, 1.82) is 0 Å². The van der Waals surface area contributed by atoms with Crippen molar-refractivity contribution in [3.8, 4) is 0 Å². The fourth-order valence-corrected chi connectivity index (χ4v) is 4.95. The number of aryl methyl sites for hydroxylation is 1. The number of hydrogen-bond acceptors (Lipinski definition) is 7. The predicted octanol–water partition coefficient (Wildman–Crippen LogP) is 2.88. The van der Waals surface area contributed by atoms with Crippen LogP contribution in [0.4, 0.5) is 11.4 Å². The highest BCUT2D eigenvalue weighted by atomic mass is 16.5. The van der Waals surface area contributed by atoms with Gasteiger partial charge in [0.2, 0.25) is 5.91 Å². The SMILES string of the molecule is COC(=O)c1cc2c(cc1C)/C(=C(/Nc1ccc(C(=O)NCCN3CCNC(=O)C3)cc1)c1ccccc1)C(=O)N2. The molecular formula is C31H31N5O5. The van der Waals surface area contributed by atoms with Crippen molar-refractivity contribution in [1.82, 2.24) is 15.5 Å². The van der Waals surface area contributed by atoms with Gasteiger partial charge in [0.15, 0.2) is 0 Å². The summed E-state index contributed by atoms with van der Waals surface area (Å²) in [6.07, 6.45) is 0. The molecule has 4 N–H and O–H groups in total. The molecule has 41 heavy (non-hydrogen) atoms. The number of amides is 3. The van der Waals surface area contributed by atoms with Crippen molar-refractivity contribution < 1.29 is 23.9 Å². The normalized spacial score (nSPS) is 15.9. The van der Waals surface area contributed by atoms with Crippen LogP contribution < -0.4 is 21.3 Å². The van der Waals surface area contributed by atoms with Gasteiger partial charge in [0.1, 0.15) is 0 Å². The fourth-order valence-electron chi connectivity index (χ4n) is 4.95. The lowest BCUT2D eigenvalue weighted by atomic mass is 9.96. The molecule has 0 spiro atoms. The van der Waals surface area contributed by atoms with Crippen LogP contribution in [0, 0.1) is 6.92 Å². The topological polar surface area (TPSA) is 129 Å². The lowest BCUT2D eigenvalue weighted by Crippen LogP contribution is -2.49. The molecule has 3 amide bonds. The third kappa shape index (κ3) is 6.12. The van der Waals surface area contributed by atoms with Gasteiger partial charge in [-0.1, -0.05) is 30.3 Å². The molecular weight excluding hydrogens is 522 g/mol. The highest BCUT2D eigenvalue weighted by Crippen LogP contribution is 2.39. The number of rotatable bonds is 8. The first-order chi connectivity index (χ1) is 19.8. The highest BCUT2D eigenvalue weighted by Gasteiger charge is 2.30. The quantitative estimate of drug-likeness (QED) is 0.249. The van der Waals surface area contributed by atoms with Gasteiger partial charge in [0.25, 0.3) is 11.8 Å². The van der Waals surface area contributed by atoms with Gasteiger partial charge in [-0.3, -0.25) is 19.3 Å². The molecule has 3 aromatic rings. The Labute approximate surface area is 237 Å². The van der Waals surface area contributed by atoms with E-state index in [-0.39, 0.29) is 17.7 Å². The van der Waals surface area contributed by atoms with Gasteiger partial charge in [-0.2, -0.15) is 0 Å². The second-order valence-corrected chi connectivity index (χ2v) is 9.86. The number of hydrogen-bond donors (Lipinski definition) is 4. The Balaban J connectivity index is 1.37. The summed E-state index contributed by atoms with van der Waals surface area (Å²) in [6, 6.07) is 19.9. The monoisotopic (exact) mass is 553 g/mol. The van der Waals surface area contributed by atoms with Gasteiger partial charge in [-0.15, -0.1) is 0 Å². The van der Waals surface area contributed by atoms with Crippen molar-refractivity contribution in [2.45, 2.75) is 6.92 Å². The minimum absolute atomic E-state index is 0.00448. The summed E-state index contributed by atoms with van der Waals surface area (Å²) in [6.45, 7) is 4.54. The maximum atomic E-state index is 13.3. The first kappa shape index (κ1) is 27.6. The second-order valence-electron chi connectivity index (χ2n) is 9.86. The summed E-state index contributed by atoms with van der Waals surface area (Å²) in [7, 11) is 1.32. The van der Waals surface area contributed by atoms with Crippen LogP contribution in [0.15, 0.2) is 66.7 Å². The summed E-state index contributed by atoms with van der Waals surface area (Å²) in [5.41, 5.74) is 5.31. The molecule has 2 aliphatic rings. The molecule has 0 radical (unpaired) electrons. The van der Waals surface area contributed by atoms with Gasteiger partial charge in [0, 0.05) is 43.0 Å². The molecule has 1 saturated heterocycles. The Bertz CT molecular complexity index is 1530. The van der Waals surface area contributed by atoms with Crippen LogP contribution in [-0.4, -0.2) is 68.4 Å². The molecule has 3 aromatic carbocycles. The first-order valence-corrected chi connectivity index (χ1v) is 13.3. The molecule has 0 atom stereocenters.